The van der Waals surface area contributed by atoms with E-state index in [1.807, 2.05) is 10.3 Å². The van der Waals surface area contributed by atoms with Crippen LogP contribution in [0.1, 0.15) is 25.5 Å². The number of nitrogens with two attached hydrogens (primary N) is 1. The lowest BCUT2D eigenvalue weighted by molar-refractivity contribution is -0.153. The zero-order valence-electron chi connectivity index (χ0n) is 17.0. The maximum absolute atomic E-state index is 12.3. The molecule has 16 nitrogen and oxygen atoms in total. The van der Waals surface area contributed by atoms with E-state index in [9.17, 15) is 39.0 Å². The number of amides is 2. The molecule has 1 aromatic heterocycles. The van der Waals surface area contributed by atoms with Crippen molar-refractivity contribution in [3.05, 3.63) is 33.1 Å². The molecule has 0 radical (unpaired) electrons. The Hall–Kier alpha value is -3.60. The van der Waals surface area contributed by atoms with Crippen molar-refractivity contribution in [3.63, 3.8) is 0 Å². The third kappa shape index (κ3) is 6.22. The van der Waals surface area contributed by atoms with Crippen LogP contribution in [0.2, 0.25) is 0 Å². The smallest absolute Gasteiger partial charge is 0.345 e. The standard InChI is InChI=1S/C17H23N5O11/c18-17(15(30)31,6-9(25)26)21-8(24)2-1-4-19-13(29)12-10(27)11(28)14(33-12)22-5-3-7(23)20-16(22)32/h3,5,10-12,14,27-28H,1-2,4,6,18H2,(H,19,29)(H,21,24)(H,25,26)(H,30,31)(H,20,23,32)/t10-,11-,12-,14+,17-/m0/s1. The second kappa shape index (κ2) is 10.3. The van der Waals surface area contributed by atoms with E-state index in [1.165, 1.54) is 0 Å². The summed E-state index contributed by atoms with van der Waals surface area (Å²) in [5.74, 6) is -5.02. The van der Waals surface area contributed by atoms with E-state index in [1.54, 1.807) is 0 Å². The molecule has 33 heavy (non-hydrogen) atoms. The summed E-state index contributed by atoms with van der Waals surface area (Å²) in [7, 11) is 0. The van der Waals surface area contributed by atoms with Gasteiger partial charge in [-0.3, -0.25) is 34.5 Å². The van der Waals surface area contributed by atoms with Gasteiger partial charge < -0.3 is 35.8 Å². The number of aliphatic hydroxyl groups is 2. The Morgan fingerprint density at radius 3 is 2.42 bits per heavy atom. The molecule has 1 aliphatic rings. The molecule has 2 heterocycles. The number of nitrogens with one attached hydrogen (secondary N) is 3. The van der Waals surface area contributed by atoms with Crippen LogP contribution in [0.3, 0.4) is 0 Å². The fourth-order valence-corrected chi connectivity index (χ4v) is 3.02. The van der Waals surface area contributed by atoms with Gasteiger partial charge in [0.15, 0.2) is 18.0 Å². The molecular formula is C17H23N5O11. The van der Waals surface area contributed by atoms with Gasteiger partial charge in [0.25, 0.3) is 11.5 Å². The first-order valence-electron chi connectivity index (χ1n) is 9.51. The summed E-state index contributed by atoms with van der Waals surface area (Å²) < 4.78 is 6.07. The summed E-state index contributed by atoms with van der Waals surface area (Å²) in [6.45, 7) is -0.137. The number of carboxylic acids is 2. The number of nitrogens with zero attached hydrogens (tertiary/aromatic N) is 1. The van der Waals surface area contributed by atoms with E-state index in [2.05, 4.69) is 5.32 Å². The van der Waals surface area contributed by atoms with Gasteiger partial charge in [-0.1, -0.05) is 0 Å². The maximum atomic E-state index is 12.3. The Balaban J connectivity index is 1.87. The molecule has 0 aromatic carbocycles. The number of hydrogen-bond acceptors (Lipinski definition) is 10. The van der Waals surface area contributed by atoms with Crippen molar-refractivity contribution >= 4 is 23.8 Å². The molecule has 1 fully saturated rings. The highest BCUT2D eigenvalue weighted by Crippen LogP contribution is 2.28. The van der Waals surface area contributed by atoms with Crippen LogP contribution >= 0.6 is 0 Å². The van der Waals surface area contributed by atoms with E-state index >= 15 is 0 Å². The summed E-state index contributed by atoms with van der Waals surface area (Å²) in [6, 6.07) is 0.985. The van der Waals surface area contributed by atoms with E-state index in [0.717, 1.165) is 16.8 Å². The fraction of sp³-hybridized carbons (Fsp3) is 0.529. The zero-order chi connectivity index (χ0) is 24.9. The van der Waals surface area contributed by atoms with Gasteiger partial charge in [0.2, 0.25) is 5.91 Å². The van der Waals surface area contributed by atoms with Crippen molar-refractivity contribution in [2.45, 2.75) is 49.5 Å². The Labute approximate surface area is 184 Å². The maximum Gasteiger partial charge on any atom is 0.345 e. The second-order valence-electron chi connectivity index (χ2n) is 7.24. The first-order chi connectivity index (χ1) is 15.4. The van der Waals surface area contributed by atoms with Gasteiger partial charge in [-0.15, -0.1) is 0 Å². The zero-order valence-corrected chi connectivity index (χ0v) is 17.0. The number of rotatable bonds is 10. The minimum atomic E-state index is -2.50. The van der Waals surface area contributed by atoms with Crippen molar-refractivity contribution < 1.29 is 44.3 Å². The lowest BCUT2D eigenvalue weighted by Crippen LogP contribution is -2.62. The predicted octanol–water partition coefficient (Wildman–Crippen LogP) is -4.62. The van der Waals surface area contributed by atoms with Crippen LogP contribution in [-0.2, 0) is 23.9 Å². The van der Waals surface area contributed by atoms with Gasteiger partial charge in [-0.2, -0.15) is 0 Å². The Bertz CT molecular complexity index is 1040. The highest BCUT2D eigenvalue weighted by Gasteiger charge is 2.47. The quantitative estimate of drug-likeness (QED) is 0.118. The molecule has 2 rings (SSSR count). The van der Waals surface area contributed by atoms with Gasteiger partial charge >= 0.3 is 17.6 Å². The molecule has 0 unspecified atom stereocenters. The van der Waals surface area contributed by atoms with Gasteiger partial charge in [0.05, 0.1) is 6.42 Å². The molecule has 0 saturated carbocycles. The molecule has 0 aliphatic carbocycles. The molecule has 0 bridgehead atoms. The monoisotopic (exact) mass is 473 g/mol. The minimum absolute atomic E-state index is 0.0193. The summed E-state index contributed by atoms with van der Waals surface area (Å²) >= 11 is 0. The van der Waals surface area contributed by atoms with Crippen LogP contribution < -0.4 is 27.6 Å². The van der Waals surface area contributed by atoms with Crippen molar-refractivity contribution in [1.29, 1.82) is 0 Å². The van der Waals surface area contributed by atoms with E-state index in [0.29, 0.717) is 0 Å². The predicted molar refractivity (Wildman–Crippen MR) is 104 cm³/mol. The van der Waals surface area contributed by atoms with Gasteiger partial charge in [-0.05, 0) is 6.42 Å². The number of aliphatic carboxylic acids is 2. The topological polar surface area (TPSA) is 263 Å². The van der Waals surface area contributed by atoms with E-state index in [4.69, 9.17) is 20.7 Å². The first kappa shape index (κ1) is 25.7. The summed E-state index contributed by atoms with van der Waals surface area (Å²) in [5.41, 5.74) is 1.27. The van der Waals surface area contributed by atoms with Crippen molar-refractivity contribution in [2.24, 2.45) is 5.73 Å². The van der Waals surface area contributed by atoms with Gasteiger partial charge in [0.1, 0.15) is 12.2 Å². The normalized spacial score (nSPS) is 24.0. The lowest BCUT2D eigenvalue weighted by Gasteiger charge is -2.24. The highest BCUT2D eigenvalue weighted by molar-refractivity contribution is 5.90. The minimum Gasteiger partial charge on any atom is -0.481 e. The Kier molecular flexibility index (Phi) is 8.04. The lowest BCUT2D eigenvalue weighted by atomic mass is 10.1. The summed E-state index contributed by atoms with van der Waals surface area (Å²) in [5, 5.41) is 42.2. The SMILES string of the molecule is N[C@@](CC(=O)O)(NC(=O)CCCNC(=O)[C@H]1O[C@@H](n2ccc(=O)[nH]c2=O)[C@@H](O)[C@@H]1O)C(=O)O. The van der Waals surface area contributed by atoms with Gasteiger partial charge in [0, 0.05) is 25.2 Å². The Morgan fingerprint density at radius 2 is 1.85 bits per heavy atom. The number of aromatic amines is 1. The van der Waals surface area contributed by atoms with Crippen LogP contribution in [0, 0.1) is 0 Å². The second-order valence-corrected chi connectivity index (χ2v) is 7.24. The summed E-state index contributed by atoms with van der Waals surface area (Å²) in [4.78, 5) is 71.0. The molecule has 0 spiro atoms. The average Bonchev–Trinajstić information content (AvgIpc) is 2.99. The average molecular weight is 473 g/mol. The van der Waals surface area contributed by atoms with Crippen molar-refractivity contribution in [3.8, 4) is 0 Å². The molecule has 16 heteroatoms. The van der Waals surface area contributed by atoms with Crippen molar-refractivity contribution in [2.75, 3.05) is 6.54 Å². The first-order valence-corrected chi connectivity index (χ1v) is 9.51. The number of aromatic nitrogens is 2. The number of H-pyrrole nitrogens is 1. The number of hydrogen-bond donors (Lipinski definition) is 8. The third-order valence-electron chi connectivity index (χ3n) is 4.68. The van der Waals surface area contributed by atoms with Crippen LogP contribution in [0.15, 0.2) is 21.9 Å². The molecule has 1 aromatic rings. The van der Waals surface area contributed by atoms with E-state index in [-0.39, 0.29) is 19.4 Å². The van der Waals surface area contributed by atoms with Crippen LogP contribution in [-0.4, -0.2) is 84.2 Å². The van der Waals surface area contributed by atoms with Gasteiger partial charge in [-0.25, -0.2) is 9.59 Å². The van der Waals surface area contributed by atoms with Crippen LogP contribution in [0.5, 0.6) is 0 Å². The number of aliphatic hydroxyl groups excluding tert-OH is 2. The highest BCUT2D eigenvalue weighted by atomic mass is 16.6. The molecular weight excluding hydrogens is 450 g/mol. The van der Waals surface area contributed by atoms with E-state index < -0.39 is 71.6 Å². The number of carbonyl (C=O) groups is 4. The molecule has 9 N–H and O–H groups in total. The molecule has 5 atom stereocenters. The number of ether oxygens (including phenoxy) is 1. The summed E-state index contributed by atoms with van der Waals surface area (Å²) in [6.07, 6.45) is -6.76. The third-order valence-corrected chi connectivity index (χ3v) is 4.68. The molecule has 2 amide bonds. The number of carbonyl (C=O) groups excluding carboxylic acids is 2. The molecule has 182 valence electrons. The Morgan fingerprint density at radius 1 is 1.18 bits per heavy atom. The number of carboxylic acid groups (broad SMARTS) is 2. The molecule has 1 aliphatic heterocycles. The fourth-order valence-electron chi connectivity index (χ4n) is 3.02. The molecule has 1 saturated heterocycles. The van der Waals surface area contributed by atoms with Crippen LogP contribution in [0.25, 0.3) is 0 Å². The van der Waals surface area contributed by atoms with Crippen LogP contribution in [0.4, 0.5) is 0 Å². The largest absolute Gasteiger partial charge is 0.481 e. The van der Waals surface area contributed by atoms with Crippen molar-refractivity contribution in [1.82, 2.24) is 20.2 Å².